The molecule has 0 amide bonds. The highest BCUT2D eigenvalue weighted by Gasteiger charge is 2.28. The van der Waals surface area contributed by atoms with Crippen molar-refractivity contribution in [1.82, 2.24) is 0 Å². The Kier molecular flexibility index (Phi) is 6.59. The molecule has 0 spiro atoms. The number of hydrogen-bond donors (Lipinski definition) is 0. The third-order valence-corrected chi connectivity index (χ3v) is 5.24. The maximum atomic E-state index is 14.7. The highest BCUT2D eigenvalue weighted by Crippen LogP contribution is 2.41. The fourth-order valence-corrected chi connectivity index (χ4v) is 3.55. The molecule has 1 fully saturated rings. The normalized spacial score (nSPS) is 22.0. The smallest absolute Gasteiger partial charge is 0.201 e. The molecule has 24 heavy (non-hydrogen) atoms. The molecule has 0 bridgehead atoms. The topological polar surface area (TPSA) is 9.23 Å². The van der Waals surface area contributed by atoms with Crippen LogP contribution in [0.1, 0.15) is 69.4 Å². The van der Waals surface area contributed by atoms with E-state index in [0.29, 0.717) is 23.5 Å². The highest BCUT2D eigenvalue weighted by molar-refractivity contribution is 5.58. The molecule has 1 atom stereocenters. The van der Waals surface area contributed by atoms with Gasteiger partial charge in [0.2, 0.25) is 5.82 Å². The van der Waals surface area contributed by atoms with Crippen LogP contribution < -0.4 is 4.74 Å². The van der Waals surface area contributed by atoms with Gasteiger partial charge in [-0.25, -0.2) is 4.39 Å². The molecule has 1 aromatic carbocycles. The van der Waals surface area contributed by atoms with E-state index >= 15 is 0 Å². The van der Waals surface area contributed by atoms with E-state index < -0.39 is 11.6 Å². The molecule has 0 aliphatic heterocycles. The molecule has 0 aromatic heterocycles. The van der Waals surface area contributed by atoms with E-state index in [1.807, 2.05) is 6.92 Å². The first-order chi connectivity index (χ1) is 11.5. The zero-order chi connectivity index (χ0) is 17.7. The summed E-state index contributed by atoms with van der Waals surface area (Å²) in [5.74, 6) is -0.931. The minimum Gasteiger partial charge on any atom is -0.483 e. The Bertz CT molecular complexity index is 586. The van der Waals surface area contributed by atoms with E-state index in [1.165, 1.54) is 6.08 Å². The SMILES string of the molecule is C=Cc1cc([C@H]2CC[C@H](CC)CC2)c(F)c(F)c1OC(C=C)CC. The molecule has 0 saturated heterocycles. The quantitative estimate of drug-likeness (QED) is 0.508. The maximum absolute atomic E-state index is 14.7. The molecule has 1 aliphatic carbocycles. The third-order valence-electron chi connectivity index (χ3n) is 5.24. The average Bonchev–Trinajstić information content (AvgIpc) is 2.63. The lowest BCUT2D eigenvalue weighted by molar-refractivity contribution is 0.229. The zero-order valence-electron chi connectivity index (χ0n) is 14.8. The summed E-state index contributed by atoms with van der Waals surface area (Å²) < 4.78 is 35.0. The van der Waals surface area contributed by atoms with Gasteiger partial charge in [0.05, 0.1) is 0 Å². The first-order valence-corrected chi connectivity index (χ1v) is 8.99. The van der Waals surface area contributed by atoms with Crippen molar-refractivity contribution in [3.63, 3.8) is 0 Å². The molecular formula is C21H28F2O. The van der Waals surface area contributed by atoms with Gasteiger partial charge in [-0.3, -0.25) is 0 Å². The van der Waals surface area contributed by atoms with Crippen LogP contribution in [0.25, 0.3) is 6.08 Å². The van der Waals surface area contributed by atoms with E-state index in [1.54, 1.807) is 12.1 Å². The van der Waals surface area contributed by atoms with Gasteiger partial charge in [-0.15, -0.1) is 0 Å². The van der Waals surface area contributed by atoms with Crippen LogP contribution in [0.3, 0.4) is 0 Å². The summed E-state index contributed by atoms with van der Waals surface area (Å²) >= 11 is 0. The van der Waals surface area contributed by atoms with Crippen molar-refractivity contribution in [2.75, 3.05) is 0 Å². The largest absolute Gasteiger partial charge is 0.483 e. The van der Waals surface area contributed by atoms with Crippen molar-refractivity contribution in [2.24, 2.45) is 5.92 Å². The fraction of sp³-hybridized carbons (Fsp3) is 0.524. The van der Waals surface area contributed by atoms with Gasteiger partial charge in [0.25, 0.3) is 0 Å². The molecule has 1 unspecified atom stereocenters. The van der Waals surface area contributed by atoms with Gasteiger partial charge in [-0.2, -0.15) is 4.39 Å². The number of halogens is 2. The number of benzene rings is 1. The Labute approximate surface area is 144 Å². The molecule has 2 rings (SSSR count). The van der Waals surface area contributed by atoms with Crippen LogP contribution in [0.15, 0.2) is 25.3 Å². The Morgan fingerprint density at radius 1 is 1.17 bits per heavy atom. The van der Waals surface area contributed by atoms with Crippen LogP contribution in [0.2, 0.25) is 0 Å². The molecule has 1 aliphatic rings. The van der Waals surface area contributed by atoms with Crippen LogP contribution >= 0.6 is 0 Å². The van der Waals surface area contributed by atoms with Gasteiger partial charge in [-0.1, -0.05) is 45.6 Å². The molecule has 0 N–H and O–H groups in total. The Hall–Kier alpha value is -1.64. The van der Waals surface area contributed by atoms with Crippen LogP contribution in [-0.2, 0) is 0 Å². The monoisotopic (exact) mass is 334 g/mol. The lowest BCUT2D eigenvalue weighted by Gasteiger charge is -2.29. The van der Waals surface area contributed by atoms with Crippen LogP contribution in [0.5, 0.6) is 5.75 Å². The summed E-state index contributed by atoms with van der Waals surface area (Å²) in [6.07, 6.45) is 8.59. The van der Waals surface area contributed by atoms with Gasteiger partial charge in [0.15, 0.2) is 11.6 Å². The molecule has 3 heteroatoms. The molecule has 1 saturated carbocycles. The van der Waals surface area contributed by atoms with Gasteiger partial charge >= 0.3 is 0 Å². The Balaban J connectivity index is 2.33. The van der Waals surface area contributed by atoms with Gasteiger partial charge in [0.1, 0.15) is 6.10 Å². The summed E-state index contributed by atoms with van der Waals surface area (Å²) in [4.78, 5) is 0. The molecular weight excluding hydrogens is 306 g/mol. The predicted octanol–water partition coefficient (Wildman–Crippen LogP) is 6.64. The molecule has 0 radical (unpaired) electrons. The third kappa shape index (κ3) is 3.88. The van der Waals surface area contributed by atoms with Crippen molar-refractivity contribution in [3.8, 4) is 5.75 Å². The van der Waals surface area contributed by atoms with Crippen LogP contribution in [0, 0.1) is 17.6 Å². The second-order valence-electron chi connectivity index (χ2n) is 6.64. The van der Waals surface area contributed by atoms with Crippen molar-refractivity contribution in [1.29, 1.82) is 0 Å². The van der Waals surface area contributed by atoms with Gasteiger partial charge in [-0.05, 0) is 55.6 Å². The predicted molar refractivity (Wildman–Crippen MR) is 96.3 cm³/mol. The van der Waals surface area contributed by atoms with E-state index in [0.717, 1.165) is 32.1 Å². The van der Waals surface area contributed by atoms with Crippen LogP contribution in [-0.4, -0.2) is 6.10 Å². The lowest BCUT2D eigenvalue weighted by atomic mass is 9.77. The van der Waals surface area contributed by atoms with Crippen molar-refractivity contribution >= 4 is 6.08 Å². The zero-order valence-corrected chi connectivity index (χ0v) is 14.8. The Morgan fingerprint density at radius 3 is 2.33 bits per heavy atom. The fourth-order valence-electron chi connectivity index (χ4n) is 3.55. The van der Waals surface area contributed by atoms with Gasteiger partial charge < -0.3 is 4.74 Å². The summed E-state index contributed by atoms with van der Waals surface area (Å²) in [7, 11) is 0. The minimum atomic E-state index is -0.902. The van der Waals surface area contributed by atoms with E-state index in [4.69, 9.17) is 4.74 Å². The van der Waals surface area contributed by atoms with Crippen molar-refractivity contribution in [2.45, 2.75) is 64.4 Å². The van der Waals surface area contributed by atoms with Crippen molar-refractivity contribution in [3.05, 3.63) is 48.1 Å². The van der Waals surface area contributed by atoms with E-state index in [-0.39, 0.29) is 17.8 Å². The number of rotatable bonds is 7. The maximum Gasteiger partial charge on any atom is 0.201 e. The molecule has 0 heterocycles. The summed E-state index contributed by atoms with van der Waals surface area (Å²) in [6.45, 7) is 11.5. The van der Waals surface area contributed by atoms with Crippen LogP contribution in [0.4, 0.5) is 8.78 Å². The summed E-state index contributed by atoms with van der Waals surface area (Å²) in [5, 5.41) is 0. The Morgan fingerprint density at radius 2 is 1.83 bits per heavy atom. The first kappa shape index (κ1) is 18.7. The van der Waals surface area contributed by atoms with Crippen molar-refractivity contribution < 1.29 is 13.5 Å². The average molecular weight is 334 g/mol. The number of ether oxygens (including phenoxy) is 1. The second kappa shape index (κ2) is 8.46. The molecule has 1 aromatic rings. The minimum absolute atomic E-state index is 0.0553. The van der Waals surface area contributed by atoms with E-state index in [2.05, 4.69) is 20.1 Å². The first-order valence-electron chi connectivity index (χ1n) is 8.99. The standard InChI is InChI=1S/C21H28F2O/c1-5-14-9-11-16(12-10-14)18-13-15(6-2)21(20(23)19(18)22)24-17(7-3)8-4/h6-7,13-14,16-17H,2-3,5,8-12H2,1,4H3/t14-,16-,17?. The molecule has 132 valence electrons. The summed E-state index contributed by atoms with van der Waals surface area (Å²) in [6, 6.07) is 1.72. The summed E-state index contributed by atoms with van der Waals surface area (Å²) in [5.41, 5.74) is 0.984. The number of hydrogen-bond acceptors (Lipinski definition) is 1. The molecule has 1 nitrogen and oxygen atoms in total. The highest BCUT2D eigenvalue weighted by atomic mass is 19.2. The van der Waals surface area contributed by atoms with Gasteiger partial charge in [0, 0.05) is 5.56 Å². The second-order valence-corrected chi connectivity index (χ2v) is 6.64. The van der Waals surface area contributed by atoms with E-state index in [9.17, 15) is 8.78 Å². The lowest BCUT2D eigenvalue weighted by Crippen LogP contribution is -2.17.